The van der Waals surface area contributed by atoms with Gasteiger partial charge in [-0.15, -0.1) is 0 Å². The lowest BCUT2D eigenvalue weighted by Crippen LogP contribution is -2.56. The molecule has 3 atom stereocenters. The topological polar surface area (TPSA) is 105 Å². The van der Waals surface area contributed by atoms with Gasteiger partial charge in [0.25, 0.3) is 0 Å². The summed E-state index contributed by atoms with van der Waals surface area (Å²) in [4.78, 5) is 25.0. The molecule has 7 heteroatoms. The highest BCUT2D eigenvalue weighted by atomic mass is 16.5. The van der Waals surface area contributed by atoms with Crippen LogP contribution >= 0.6 is 0 Å². The van der Waals surface area contributed by atoms with Crippen molar-refractivity contribution in [2.24, 2.45) is 11.7 Å². The van der Waals surface area contributed by atoms with Crippen molar-refractivity contribution in [3.05, 3.63) is 0 Å². The molecule has 0 aromatic rings. The van der Waals surface area contributed by atoms with E-state index in [1.54, 1.807) is 4.90 Å². The van der Waals surface area contributed by atoms with Crippen LogP contribution in [0.1, 0.15) is 20.3 Å². The molecule has 0 aliphatic carbocycles. The molecule has 1 aliphatic heterocycles. The molecule has 0 saturated carbocycles. The average Bonchev–Trinajstić information content (AvgIpc) is 2.43. The zero-order chi connectivity index (χ0) is 14.4. The highest BCUT2D eigenvalue weighted by Gasteiger charge is 2.32. The van der Waals surface area contributed by atoms with Crippen molar-refractivity contribution in [1.29, 1.82) is 0 Å². The Labute approximate surface area is 113 Å². The minimum atomic E-state index is -0.703. The highest BCUT2D eigenvalue weighted by molar-refractivity contribution is 5.87. The molecule has 1 heterocycles. The lowest BCUT2D eigenvalue weighted by molar-refractivity contribution is -0.143. The van der Waals surface area contributed by atoms with Gasteiger partial charge in [-0.2, -0.15) is 0 Å². The van der Waals surface area contributed by atoms with E-state index in [0.29, 0.717) is 19.7 Å². The molecule has 1 rings (SSSR count). The number of primary amides is 1. The second-order valence-corrected chi connectivity index (χ2v) is 4.83. The van der Waals surface area contributed by atoms with Crippen molar-refractivity contribution >= 4 is 11.9 Å². The summed E-state index contributed by atoms with van der Waals surface area (Å²) >= 11 is 0. The predicted molar refractivity (Wildman–Crippen MR) is 69.4 cm³/mol. The van der Waals surface area contributed by atoms with Gasteiger partial charge in [0, 0.05) is 13.1 Å². The minimum Gasteiger partial charge on any atom is -0.394 e. The van der Waals surface area contributed by atoms with E-state index >= 15 is 0 Å². The Bertz CT molecular complexity index is 324. The lowest BCUT2D eigenvalue weighted by Gasteiger charge is -2.35. The van der Waals surface area contributed by atoms with Crippen LogP contribution in [0.25, 0.3) is 0 Å². The Hall–Kier alpha value is -1.34. The van der Waals surface area contributed by atoms with Crippen LogP contribution in [0.15, 0.2) is 0 Å². The van der Waals surface area contributed by atoms with Crippen LogP contribution in [0.3, 0.4) is 0 Å². The molecule has 7 nitrogen and oxygen atoms in total. The zero-order valence-corrected chi connectivity index (χ0v) is 11.5. The van der Waals surface area contributed by atoms with Gasteiger partial charge in [-0.3, -0.25) is 4.79 Å². The number of rotatable bonds is 5. The minimum absolute atomic E-state index is 0.00424. The van der Waals surface area contributed by atoms with Crippen LogP contribution in [-0.2, 0) is 9.53 Å². The second kappa shape index (κ2) is 7.30. The summed E-state index contributed by atoms with van der Waals surface area (Å²) in [5.74, 6) is -0.176. The van der Waals surface area contributed by atoms with E-state index in [9.17, 15) is 9.59 Å². The van der Waals surface area contributed by atoms with Crippen molar-refractivity contribution < 1.29 is 19.4 Å². The van der Waals surface area contributed by atoms with Gasteiger partial charge in [-0.25, -0.2) is 4.79 Å². The van der Waals surface area contributed by atoms with Gasteiger partial charge in [0.1, 0.15) is 6.04 Å². The largest absolute Gasteiger partial charge is 0.394 e. The molecule has 1 saturated heterocycles. The number of nitrogens with one attached hydrogen (secondary N) is 1. The third kappa shape index (κ3) is 4.36. The summed E-state index contributed by atoms with van der Waals surface area (Å²) in [5.41, 5.74) is 5.12. The Balaban J connectivity index is 2.71. The number of morpholine rings is 1. The zero-order valence-electron chi connectivity index (χ0n) is 11.5. The molecular formula is C12H23N3O4. The number of aliphatic hydroxyl groups is 1. The van der Waals surface area contributed by atoms with Gasteiger partial charge in [-0.1, -0.05) is 20.3 Å². The molecule has 0 spiro atoms. The van der Waals surface area contributed by atoms with E-state index in [0.717, 1.165) is 6.42 Å². The summed E-state index contributed by atoms with van der Waals surface area (Å²) in [6.07, 6.45) is 0.397. The molecule has 1 aliphatic rings. The molecule has 0 radical (unpaired) electrons. The molecular weight excluding hydrogens is 250 g/mol. The van der Waals surface area contributed by atoms with Crippen molar-refractivity contribution in [2.75, 3.05) is 26.3 Å². The number of carbonyl (C=O) groups excluding carboxylic acids is 2. The number of nitrogens with two attached hydrogens (primary N) is 1. The summed E-state index contributed by atoms with van der Waals surface area (Å²) in [5, 5.41) is 11.6. The quantitative estimate of drug-likeness (QED) is 0.615. The first kappa shape index (κ1) is 15.7. The van der Waals surface area contributed by atoms with Crippen LogP contribution in [0.4, 0.5) is 4.79 Å². The van der Waals surface area contributed by atoms with Crippen molar-refractivity contribution in [1.82, 2.24) is 10.2 Å². The smallest absolute Gasteiger partial charge is 0.312 e. The van der Waals surface area contributed by atoms with Crippen molar-refractivity contribution in [3.8, 4) is 0 Å². The summed E-state index contributed by atoms with van der Waals surface area (Å²) < 4.78 is 5.30. The fourth-order valence-electron chi connectivity index (χ4n) is 2.06. The third-order valence-corrected chi connectivity index (χ3v) is 3.43. The lowest BCUT2D eigenvalue weighted by atomic mass is 9.97. The van der Waals surface area contributed by atoms with E-state index in [1.165, 1.54) is 0 Å². The Morgan fingerprint density at radius 3 is 2.79 bits per heavy atom. The number of hydrogen-bond donors (Lipinski definition) is 3. The fourth-order valence-corrected chi connectivity index (χ4v) is 2.06. The summed E-state index contributed by atoms with van der Waals surface area (Å²) in [6.45, 7) is 4.90. The number of ether oxygens (including phenoxy) is 1. The predicted octanol–water partition coefficient (Wildman–Crippen LogP) is -0.711. The molecule has 1 fully saturated rings. The normalized spacial score (nSPS) is 22.7. The van der Waals surface area contributed by atoms with Crippen LogP contribution in [-0.4, -0.2) is 60.4 Å². The summed E-state index contributed by atoms with van der Waals surface area (Å²) in [7, 11) is 0. The first-order valence-electron chi connectivity index (χ1n) is 6.56. The monoisotopic (exact) mass is 273 g/mol. The number of nitrogens with zero attached hydrogens (tertiary/aromatic N) is 1. The van der Waals surface area contributed by atoms with Crippen molar-refractivity contribution in [3.63, 3.8) is 0 Å². The first-order valence-corrected chi connectivity index (χ1v) is 6.56. The van der Waals surface area contributed by atoms with Crippen LogP contribution in [0.2, 0.25) is 0 Å². The molecule has 0 bridgehead atoms. The highest BCUT2D eigenvalue weighted by Crippen LogP contribution is 2.13. The number of carbonyl (C=O) groups is 2. The SMILES string of the molecule is CCC(C)C(NC(N)=O)C(=O)N1CCOC(CO)C1. The maximum absolute atomic E-state index is 12.4. The maximum Gasteiger partial charge on any atom is 0.312 e. The number of hydrogen-bond acceptors (Lipinski definition) is 4. The Morgan fingerprint density at radius 2 is 2.26 bits per heavy atom. The van der Waals surface area contributed by atoms with Crippen LogP contribution in [0.5, 0.6) is 0 Å². The number of amides is 3. The average molecular weight is 273 g/mol. The van der Waals surface area contributed by atoms with E-state index in [1.807, 2.05) is 13.8 Å². The second-order valence-electron chi connectivity index (χ2n) is 4.83. The van der Waals surface area contributed by atoms with E-state index in [-0.39, 0.29) is 24.5 Å². The van der Waals surface area contributed by atoms with Gasteiger partial charge in [0.2, 0.25) is 5.91 Å². The van der Waals surface area contributed by atoms with Gasteiger partial charge >= 0.3 is 6.03 Å². The fraction of sp³-hybridized carbons (Fsp3) is 0.833. The Kier molecular flexibility index (Phi) is 6.04. The van der Waals surface area contributed by atoms with E-state index in [4.69, 9.17) is 15.6 Å². The molecule has 4 N–H and O–H groups in total. The maximum atomic E-state index is 12.4. The van der Waals surface area contributed by atoms with Gasteiger partial charge in [0.15, 0.2) is 0 Å². The van der Waals surface area contributed by atoms with E-state index in [2.05, 4.69) is 5.32 Å². The van der Waals surface area contributed by atoms with Gasteiger partial charge in [0.05, 0.1) is 19.3 Å². The summed E-state index contributed by atoms with van der Waals surface area (Å²) in [6, 6.07) is -1.33. The van der Waals surface area contributed by atoms with Crippen LogP contribution < -0.4 is 11.1 Å². The van der Waals surface area contributed by atoms with Gasteiger partial charge < -0.3 is 25.8 Å². The number of aliphatic hydroxyl groups excluding tert-OH is 1. The molecule has 0 aromatic carbocycles. The standard InChI is InChI=1S/C12H23N3O4/c1-3-8(2)10(14-12(13)18)11(17)15-4-5-19-9(6-15)7-16/h8-10,16H,3-7H2,1-2H3,(H3,13,14,18). The van der Waals surface area contributed by atoms with Crippen LogP contribution in [0, 0.1) is 5.92 Å². The molecule has 0 aromatic heterocycles. The molecule has 110 valence electrons. The molecule has 3 unspecified atom stereocenters. The third-order valence-electron chi connectivity index (χ3n) is 3.43. The van der Waals surface area contributed by atoms with Crippen molar-refractivity contribution in [2.45, 2.75) is 32.4 Å². The van der Waals surface area contributed by atoms with E-state index < -0.39 is 12.1 Å². The number of urea groups is 1. The van der Waals surface area contributed by atoms with Gasteiger partial charge in [-0.05, 0) is 5.92 Å². The Morgan fingerprint density at radius 1 is 1.58 bits per heavy atom. The molecule has 19 heavy (non-hydrogen) atoms. The first-order chi connectivity index (χ1) is 8.99. The molecule has 3 amide bonds.